The molecule has 0 saturated carbocycles. The third-order valence-corrected chi connectivity index (χ3v) is 2.88. The van der Waals surface area contributed by atoms with Gasteiger partial charge in [0, 0.05) is 13.5 Å². The van der Waals surface area contributed by atoms with Gasteiger partial charge in [0.25, 0.3) is 0 Å². The van der Waals surface area contributed by atoms with Crippen molar-refractivity contribution in [2.24, 2.45) is 0 Å². The fourth-order valence-electron chi connectivity index (χ4n) is 1.13. The third-order valence-electron chi connectivity index (χ3n) is 2.29. The number of nitro groups is 1. The van der Waals surface area contributed by atoms with E-state index in [0.29, 0.717) is 17.5 Å². The molecule has 0 aromatic heterocycles. The third kappa shape index (κ3) is 5.48. The number of amides is 1. The maximum atomic E-state index is 11.6. The van der Waals surface area contributed by atoms with E-state index in [4.69, 9.17) is 0 Å². The molecule has 0 spiro atoms. The molecule has 0 saturated heterocycles. The van der Waals surface area contributed by atoms with Crippen LogP contribution in [0.4, 0.5) is 0 Å². The van der Waals surface area contributed by atoms with Crippen molar-refractivity contribution in [2.45, 2.75) is 26.3 Å². The van der Waals surface area contributed by atoms with Crippen molar-refractivity contribution < 1.29 is 13.9 Å². The fraction of sp³-hybridized carbons (Fsp3) is 0.600. The van der Waals surface area contributed by atoms with E-state index in [-0.39, 0.29) is 23.9 Å². The molecule has 0 radical (unpaired) electrons. The van der Waals surface area contributed by atoms with E-state index in [1.165, 1.54) is 11.9 Å². The summed E-state index contributed by atoms with van der Waals surface area (Å²) in [5, 5.41) is 10.1. The highest BCUT2D eigenvalue weighted by molar-refractivity contribution is 7.93. The molecule has 1 atom stereocenters. The van der Waals surface area contributed by atoms with Gasteiger partial charge in [0.2, 0.25) is 17.9 Å². The van der Waals surface area contributed by atoms with Crippen LogP contribution in [0, 0.1) is 10.1 Å². The summed E-state index contributed by atoms with van der Waals surface area (Å²) in [5.74, 6) is -0.395. The zero-order chi connectivity index (χ0) is 13.6. The number of carbonyl (C=O) groups excluding carboxylic acids is 2. The van der Waals surface area contributed by atoms with Crippen molar-refractivity contribution in [1.29, 1.82) is 0 Å². The first-order valence-electron chi connectivity index (χ1n) is 5.00. The van der Waals surface area contributed by atoms with Crippen LogP contribution in [0.1, 0.15) is 20.3 Å². The summed E-state index contributed by atoms with van der Waals surface area (Å²) < 4.78 is -0.546. The van der Waals surface area contributed by atoms with Crippen molar-refractivity contribution >= 4 is 23.6 Å². The quantitative estimate of drug-likeness (QED) is 0.298. The molecule has 96 valence electrons. The number of Topliss-reactive ketones (excluding diaryl/α,β-unsaturated/α-hetero) is 1. The molecule has 7 heteroatoms. The van der Waals surface area contributed by atoms with Gasteiger partial charge >= 0.3 is 0 Å². The maximum Gasteiger partial charge on any atom is 0.228 e. The Bertz CT molecular complexity index is 343. The maximum absolute atomic E-state index is 11.6. The van der Waals surface area contributed by atoms with E-state index in [9.17, 15) is 19.7 Å². The molecular formula is C10H16N2O4S. The second kappa shape index (κ2) is 7.05. The van der Waals surface area contributed by atoms with Crippen molar-refractivity contribution in [3.8, 4) is 0 Å². The standard InChI is InChI=1S/C10H16N2O4S/c1-7(2)10(14)8(3)11(4)9(13)5-6-17-12(15)16/h8H,1,5-6H2,2-4H3. The average Bonchev–Trinajstić information content (AvgIpc) is 2.25. The lowest BCUT2D eigenvalue weighted by Crippen LogP contribution is -2.40. The number of carbonyl (C=O) groups is 2. The summed E-state index contributed by atoms with van der Waals surface area (Å²) in [5.41, 5.74) is 0.386. The van der Waals surface area contributed by atoms with Gasteiger partial charge in [-0.25, -0.2) is 0 Å². The predicted octanol–water partition coefficient (Wildman–Crippen LogP) is 1.29. The second-order valence-corrected chi connectivity index (χ2v) is 4.60. The molecule has 0 aliphatic carbocycles. The van der Waals surface area contributed by atoms with Crippen LogP contribution in [0.25, 0.3) is 0 Å². The molecule has 0 aromatic carbocycles. The number of rotatable bonds is 7. The van der Waals surface area contributed by atoms with Crippen molar-refractivity contribution in [3.63, 3.8) is 0 Å². The molecule has 0 heterocycles. The van der Waals surface area contributed by atoms with Crippen LogP contribution >= 0.6 is 11.9 Å². The minimum Gasteiger partial charge on any atom is -0.336 e. The van der Waals surface area contributed by atoms with Crippen molar-refractivity contribution in [1.82, 2.24) is 4.90 Å². The molecule has 0 N–H and O–H groups in total. The minimum absolute atomic E-state index is 0.0377. The average molecular weight is 260 g/mol. The number of ketones is 1. The Hall–Kier alpha value is -1.37. The summed E-state index contributed by atoms with van der Waals surface area (Å²) in [4.78, 5) is 34.5. The summed E-state index contributed by atoms with van der Waals surface area (Å²) in [6.45, 7) is 6.71. The number of hydrogen-bond acceptors (Lipinski definition) is 5. The molecule has 0 aliphatic rings. The number of likely N-dealkylation sites (N-methyl/N-ethyl adjacent to an activating group) is 1. The zero-order valence-electron chi connectivity index (χ0n) is 10.1. The summed E-state index contributed by atoms with van der Waals surface area (Å²) >= 11 is 0.476. The molecule has 0 fully saturated rings. The van der Waals surface area contributed by atoms with Gasteiger partial charge < -0.3 is 4.90 Å². The summed E-state index contributed by atoms with van der Waals surface area (Å²) in [6, 6.07) is -0.583. The van der Waals surface area contributed by atoms with E-state index < -0.39 is 10.4 Å². The molecule has 0 bridgehead atoms. The van der Waals surface area contributed by atoms with Gasteiger partial charge in [-0.3, -0.25) is 19.7 Å². The normalized spacial score (nSPS) is 11.7. The SMILES string of the molecule is C=C(C)C(=O)C(C)N(C)C(=O)CCS[N+](=O)[O-]. The summed E-state index contributed by atoms with van der Waals surface area (Å²) in [7, 11) is 1.50. The zero-order valence-corrected chi connectivity index (χ0v) is 11.0. The Morgan fingerprint density at radius 2 is 2.06 bits per heavy atom. The van der Waals surface area contributed by atoms with Crippen molar-refractivity contribution in [3.05, 3.63) is 22.3 Å². The van der Waals surface area contributed by atoms with E-state index >= 15 is 0 Å². The Kier molecular flexibility index (Phi) is 6.48. The van der Waals surface area contributed by atoms with E-state index in [1.807, 2.05) is 0 Å². The van der Waals surface area contributed by atoms with Gasteiger partial charge in [0.05, 0.1) is 11.8 Å². The first-order chi connectivity index (χ1) is 7.77. The number of hydrogen-bond donors (Lipinski definition) is 0. The minimum atomic E-state index is -0.583. The molecule has 1 amide bonds. The predicted molar refractivity (Wildman–Crippen MR) is 66.1 cm³/mol. The fourth-order valence-corrected chi connectivity index (χ4v) is 1.55. The van der Waals surface area contributed by atoms with Gasteiger partial charge in [0.15, 0.2) is 5.78 Å². The number of nitrogens with zero attached hydrogens (tertiary/aromatic N) is 2. The molecule has 0 aliphatic heterocycles. The van der Waals surface area contributed by atoms with Crippen molar-refractivity contribution in [2.75, 3.05) is 12.8 Å². The van der Waals surface area contributed by atoms with Gasteiger partial charge in [-0.15, -0.1) is 0 Å². The van der Waals surface area contributed by atoms with Crippen LogP contribution in [0.3, 0.4) is 0 Å². The van der Waals surface area contributed by atoms with Crippen LogP contribution in [0.2, 0.25) is 0 Å². The lowest BCUT2D eigenvalue weighted by atomic mass is 10.1. The molecule has 0 rings (SSSR count). The van der Waals surface area contributed by atoms with Gasteiger partial charge in [-0.05, 0) is 19.4 Å². The van der Waals surface area contributed by atoms with Gasteiger partial charge in [-0.1, -0.05) is 6.58 Å². The molecule has 17 heavy (non-hydrogen) atoms. The highest BCUT2D eigenvalue weighted by Gasteiger charge is 2.22. The Morgan fingerprint density at radius 1 is 1.53 bits per heavy atom. The highest BCUT2D eigenvalue weighted by atomic mass is 32.2. The van der Waals surface area contributed by atoms with Crippen LogP contribution in [-0.4, -0.2) is 39.8 Å². The first-order valence-corrected chi connectivity index (χ1v) is 5.94. The lowest BCUT2D eigenvalue weighted by Gasteiger charge is -2.23. The van der Waals surface area contributed by atoms with E-state index in [2.05, 4.69) is 6.58 Å². The van der Waals surface area contributed by atoms with E-state index in [0.717, 1.165) is 0 Å². The molecule has 1 unspecified atom stereocenters. The largest absolute Gasteiger partial charge is 0.336 e. The molecule has 0 aromatic rings. The summed E-state index contributed by atoms with van der Waals surface area (Å²) in [6.07, 6.45) is 0.0377. The lowest BCUT2D eigenvalue weighted by molar-refractivity contribution is -0.284. The van der Waals surface area contributed by atoms with Gasteiger partial charge in [-0.2, -0.15) is 0 Å². The molecule has 6 nitrogen and oxygen atoms in total. The Balaban J connectivity index is 4.25. The Labute approximate surface area is 104 Å². The monoisotopic (exact) mass is 260 g/mol. The van der Waals surface area contributed by atoms with Crippen LogP contribution in [0.15, 0.2) is 12.2 Å². The van der Waals surface area contributed by atoms with Crippen LogP contribution in [-0.2, 0) is 9.59 Å². The van der Waals surface area contributed by atoms with E-state index in [1.54, 1.807) is 13.8 Å². The van der Waals surface area contributed by atoms with Crippen LogP contribution in [0.5, 0.6) is 0 Å². The topological polar surface area (TPSA) is 80.5 Å². The van der Waals surface area contributed by atoms with Crippen LogP contribution < -0.4 is 0 Å². The Morgan fingerprint density at radius 3 is 2.47 bits per heavy atom. The smallest absolute Gasteiger partial charge is 0.228 e. The first kappa shape index (κ1) is 15.6. The van der Waals surface area contributed by atoms with Gasteiger partial charge in [0.1, 0.15) is 4.33 Å². The molecular weight excluding hydrogens is 244 g/mol. The highest BCUT2D eigenvalue weighted by Crippen LogP contribution is 2.08. The second-order valence-electron chi connectivity index (χ2n) is 3.63.